The van der Waals surface area contributed by atoms with E-state index >= 15 is 0 Å². The van der Waals surface area contributed by atoms with Gasteiger partial charge in [0.1, 0.15) is 12.6 Å². The lowest BCUT2D eigenvalue weighted by atomic mass is 10.2. The monoisotopic (exact) mass is 329 g/mol. The molecule has 7 nitrogen and oxygen atoms in total. The van der Waals surface area contributed by atoms with Crippen LogP contribution < -0.4 is 0 Å². The third-order valence-electron chi connectivity index (χ3n) is 2.98. The Morgan fingerprint density at radius 2 is 1.95 bits per heavy atom. The summed E-state index contributed by atoms with van der Waals surface area (Å²) in [6.07, 6.45) is -0.552. The van der Waals surface area contributed by atoms with Gasteiger partial charge in [0, 0.05) is 6.54 Å². The highest BCUT2D eigenvalue weighted by Crippen LogP contribution is 2.08. The SMILES string of the molecule is C[C@@H](C(=O)O)N(CCCS(=O)O)C(=O)OCc1ccccc1. The van der Waals surface area contributed by atoms with Crippen LogP contribution in [0.5, 0.6) is 0 Å². The smallest absolute Gasteiger partial charge is 0.410 e. The van der Waals surface area contributed by atoms with Crippen LogP contribution >= 0.6 is 0 Å². The molecule has 122 valence electrons. The van der Waals surface area contributed by atoms with Crippen LogP contribution in [0.2, 0.25) is 0 Å². The number of amides is 1. The summed E-state index contributed by atoms with van der Waals surface area (Å²) in [4.78, 5) is 24.1. The molecule has 0 spiro atoms. The van der Waals surface area contributed by atoms with Crippen LogP contribution in [0.3, 0.4) is 0 Å². The van der Waals surface area contributed by atoms with Crippen LogP contribution in [-0.4, -0.2) is 49.2 Å². The van der Waals surface area contributed by atoms with Gasteiger partial charge in [0.05, 0.1) is 5.75 Å². The van der Waals surface area contributed by atoms with Crippen molar-refractivity contribution in [2.24, 2.45) is 0 Å². The molecule has 1 amide bonds. The number of carbonyl (C=O) groups is 2. The van der Waals surface area contributed by atoms with E-state index in [0.717, 1.165) is 10.5 Å². The highest BCUT2D eigenvalue weighted by atomic mass is 32.2. The van der Waals surface area contributed by atoms with Crippen LogP contribution in [0.15, 0.2) is 30.3 Å². The third-order valence-corrected chi connectivity index (χ3v) is 3.62. The Morgan fingerprint density at radius 3 is 2.50 bits per heavy atom. The maximum Gasteiger partial charge on any atom is 0.410 e. The minimum Gasteiger partial charge on any atom is -0.480 e. The van der Waals surface area contributed by atoms with Gasteiger partial charge in [-0.05, 0) is 18.9 Å². The number of hydrogen-bond acceptors (Lipinski definition) is 4. The number of carbonyl (C=O) groups excluding carboxylic acids is 1. The summed E-state index contributed by atoms with van der Waals surface area (Å²) in [5.41, 5.74) is 0.787. The second-order valence-corrected chi connectivity index (χ2v) is 5.68. The number of carboxylic acids is 1. The lowest BCUT2D eigenvalue weighted by molar-refractivity contribution is -0.142. The average Bonchev–Trinajstić information content (AvgIpc) is 2.49. The van der Waals surface area contributed by atoms with Crippen LogP contribution in [0, 0.1) is 0 Å². The number of rotatable bonds is 8. The average molecular weight is 329 g/mol. The summed E-state index contributed by atoms with van der Waals surface area (Å²) in [6.45, 7) is 1.43. The van der Waals surface area contributed by atoms with Gasteiger partial charge in [-0.2, -0.15) is 0 Å². The first-order valence-electron chi connectivity index (χ1n) is 6.69. The molecule has 2 atom stereocenters. The summed E-state index contributed by atoms with van der Waals surface area (Å²) in [7, 11) is 0. The highest BCUT2D eigenvalue weighted by molar-refractivity contribution is 7.79. The fraction of sp³-hybridized carbons (Fsp3) is 0.429. The molecule has 1 aromatic carbocycles. The largest absolute Gasteiger partial charge is 0.480 e. The molecule has 0 aromatic heterocycles. The van der Waals surface area contributed by atoms with E-state index in [-0.39, 0.29) is 25.3 Å². The lowest BCUT2D eigenvalue weighted by Crippen LogP contribution is -2.44. The van der Waals surface area contributed by atoms with Crippen molar-refractivity contribution >= 4 is 23.1 Å². The molecule has 1 rings (SSSR count). The second-order valence-electron chi connectivity index (χ2n) is 4.63. The molecule has 0 bridgehead atoms. The zero-order chi connectivity index (χ0) is 16.5. The zero-order valence-corrected chi connectivity index (χ0v) is 13.0. The fourth-order valence-electron chi connectivity index (χ4n) is 1.74. The molecule has 0 heterocycles. The molecule has 0 fully saturated rings. The molecule has 0 aliphatic carbocycles. The Labute approximate surface area is 131 Å². The number of benzene rings is 1. The third kappa shape index (κ3) is 6.23. The molecule has 8 heteroatoms. The van der Waals surface area contributed by atoms with Gasteiger partial charge in [-0.15, -0.1) is 0 Å². The van der Waals surface area contributed by atoms with Gasteiger partial charge >= 0.3 is 12.1 Å². The van der Waals surface area contributed by atoms with E-state index in [4.69, 9.17) is 14.4 Å². The van der Waals surface area contributed by atoms with Crippen molar-refractivity contribution in [3.8, 4) is 0 Å². The molecule has 0 aliphatic heterocycles. The van der Waals surface area contributed by atoms with Gasteiger partial charge in [0.2, 0.25) is 0 Å². The van der Waals surface area contributed by atoms with Crippen molar-refractivity contribution in [1.29, 1.82) is 0 Å². The van der Waals surface area contributed by atoms with Crippen LogP contribution in [0.25, 0.3) is 0 Å². The molecule has 0 aliphatic rings. The van der Waals surface area contributed by atoms with Crippen molar-refractivity contribution < 1.29 is 28.2 Å². The first kappa shape index (κ1) is 18.1. The van der Waals surface area contributed by atoms with Crippen molar-refractivity contribution in [2.45, 2.75) is 26.0 Å². The predicted molar refractivity (Wildman–Crippen MR) is 80.7 cm³/mol. The maximum absolute atomic E-state index is 12.0. The van der Waals surface area contributed by atoms with Crippen LogP contribution in [-0.2, 0) is 27.2 Å². The molecular weight excluding hydrogens is 310 g/mol. The molecule has 22 heavy (non-hydrogen) atoms. The number of hydrogen-bond donors (Lipinski definition) is 2. The summed E-state index contributed by atoms with van der Waals surface area (Å²) in [6, 6.07) is 7.93. The molecule has 0 saturated heterocycles. The van der Waals surface area contributed by atoms with Crippen molar-refractivity contribution in [2.75, 3.05) is 12.3 Å². The van der Waals surface area contributed by atoms with E-state index in [0.29, 0.717) is 0 Å². The van der Waals surface area contributed by atoms with Crippen molar-refractivity contribution in [1.82, 2.24) is 4.90 Å². The van der Waals surface area contributed by atoms with Gasteiger partial charge in [0.15, 0.2) is 11.1 Å². The van der Waals surface area contributed by atoms with E-state index in [1.165, 1.54) is 6.92 Å². The Balaban J connectivity index is 2.62. The zero-order valence-electron chi connectivity index (χ0n) is 12.2. The summed E-state index contributed by atoms with van der Waals surface area (Å²) in [5.74, 6) is -1.20. The van der Waals surface area contributed by atoms with E-state index in [9.17, 15) is 13.8 Å². The molecule has 1 unspecified atom stereocenters. The first-order chi connectivity index (χ1) is 10.4. The molecule has 0 saturated carbocycles. The topological polar surface area (TPSA) is 104 Å². The lowest BCUT2D eigenvalue weighted by Gasteiger charge is -2.25. The Kier molecular flexibility index (Phi) is 7.55. The van der Waals surface area contributed by atoms with Gasteiger partial charge in [-0.1, -0.05) is 30.3 Å². The van der Waals surface area contributed by atoms with Gasteiger partial charge < -0.3 is 14.4 Å². The summed E-state index contributed by atoms with van der Waals surface area (Å²) >= 11 is -1.98. The van der Waals surface area contributed by atoms with Gasteiger partial charge in [-0.3, -0.25) is 4.90 Å². The van der Waals surface area contributed by atoms with Crippen LogP contribution in [0.1, 0.15) is 18.9 Å². The number of ether oxygens (including phenoxy) is 1. The normalized spacial score (nSPS) is 13.2. The molecular formula is C14H19NO6S. The van der Waals surface area contributed by atoms with E-state index in [2.05, 4.69) is 0 Å². The Bertz CT molecular complexity index is 521. The van der Waals surface area contributed by atoms with Gasteiger partial charge in [-0.25, -0.2) is 13.8 Å². The maximum atomic E-state index is 12.0. The Hall–Kier alpha value is -1.93. The standard InChI is InChI=1S/C14H19NO6S/c1-11(13(16)17)15(8-5-9-22(19)20)14(18)21-10-12-6-3-2-4-7-12/h2-4,6-7,11H,5,8-10H2,1H3,(H,16,17)(H,19,20)/t11-/m0/s1. The molecule has 0 radical (unpaired) electrons. The summed E-state index contributed by atoms with van der Waals surface area (Å²) in [5, 5.41) is 9.04. The molecule has 1 aromatic rings. The molecule has 2 N–H and O–H groups in total. The van der Waals surface area contributed by atoms with Crippen molar-refractivity contribution in [3.63, 3.8) is 0 Å². The highest BCUT2D eigenvalue weighted by Gasteiger charge is 2.26. The quantitative estimate of drug-likeness (QED) is 0.704. The van der Waals surface area contributed by atoms with E-state index < -0.39 is 29.2 Å². The number of aliphatic carboxylic acids is 1. The number of carboxylic acid groups (broad SMARTS) is 1. The second kappa shape index (κ2) is 9.16. The minimum atomic E-state index is -1.98. The predicted octanol–water partition coefficient (Wildman–Crippen LogP) is 1.71. The van der Waals surface area contributed by atoms with Gasteiger partial charge in [0.25, 0.3) is 0 Å². The Morgan fingerprint density at radius 1 is 1.32 bits per heavy atom. The first-order valence-corrected chi connectivity index (χ1v) is 7.97. The number of nitrogens with zero attached hydrogens (tertiary/aromatic N) is 1. The van der Waals surface area contributed by atoms with Crippen molar-refractivity contribution in [3.05, 3.63) is 35.9 Å². The minimum absolute atomic E-state index is 0.0329. The summed E-state index contributed by atoms with van der Waals surface area (Å²) < 4.78 is 24.5. The fourth-order valence-corrected chi connectivity index (χ4v) is 2.11. The van der Waals surface area contributed by atoms with E-state index in [1.54, 1.807) is 24.3 Å². The van der Waals surface area contributed by atoms with E-state index in [1.807, 2.05) is 6.07 Å². The van der Waals surface area contributed by atoms with Crippen LogP contribution in [0.4, 0.5) is 4.79 Å².